The van der Waals surface area contributed by atoms with Crippen molar-refractivity contribution in [3.8, 4) is 0 Å². The molecule has 0 amide bonds. The van der Waals surface area contributed by atoms with Gasteiger partial charge in [0, 0.05) is 26.2 Å². The Morgan fingerprint density at radius 2 is 1.89 bits per heavy atom. The maximum absolute atomic E-state index is 13.2. The van der Waals surface area contributed by atoms with Gasteiger partial charge in [-0.05, 0) is 48.0 Å². The Morgan fingerprint density at radius 1 is 1.21 bits per heavy atom. The lowest BCUT2D eigenvalue weighted by molar-refractivity contribution is 0.623. The van der Waals surface area contributed by atoms with E-state index in [1.807, 2.05) is 24.3 Å². The molecule has 0 aliphatic heterocycles. The molecule has 1 atom stereocenters. The Bertz CT molecular complexity index is 562. The fourth-order valence-electron chi connectivity index (χ4n) is 1.61. The van der Waals surface area contributed by atoms with Gasteiger partial charge in [0.05, 0.1) is 0 Å². The Balaban J connectivity index is 2.03. The molecule has 0 bridgehead atoms. The summed E-state index contributed by atoms with van der Waals surface area (Å²) in [5.41, 5.74) is 6.71. The average Bonchev–Trinajstić information content (AvgIpc) is 2.40. The number of halogens is 3. The molecule has 100 valence electrons. The van der Waals surface area contributed by atoms with Crippen molar-refractivity contribution in [1.29, 1.82) is 0 Å². The quantitative estimate of drug-likeness (QED) is 0.774. The van der Waals surface area contributed by atoms with Crippen LogP contribution in [-0.2, 0) is 0 Å². The zero-order chi connectivity index (χ0) is 13.8. The molecule has 0 saturated heterocycles. The fourth-order valence-corrected chi connectivity index (χ4v) is 3.01. The second-order valence-electron chi connectivity index (χ2n) is 4.04. The summed E-state index contributed by atoms with van der Waals surface area (Å²) in [6, 6.07) is 11.9. The van der Waals surface area contributed by atoms with E-state index in [-0.39, 0.29) is 11.9 Å². The highest BCUT2D eigenvalue weighted by Gasteiger charge is 2.11. The first kappa shape index (κ1) is 14.9. The Kier molecular flexibility index (Phi) is 5.28. The van der Waals surface area contributed by atoms with E-state index in [0.29, 0.717) is 16.3 Å². The van der Waals surface area contributed by atoms with Crippen molar-refractivity contribution in [2.24, 2.45) is 5.73 Å². The van der Waals surface area contributed by atoms with E-state index in [1.54, 1.807) is 11.8 Å². The molecule has 0 aliphatic carbocycles. The predicted molar refractivity (Wildman–Crippen MR) is 83.2 cm³/mol. The predicted octanol–water partition coefficient (Wildman–Crippen LogP) is 5.03. The van der Waals surface area contributed by atoms with Crippen LogP contribution in [0.1, 0.15) is 11.6 Å². The summed E-state index contributed by atoms with van der Waals surface area (Å²) in [6.07, 6.45) is 0. The highest BCUT2D eigenvalue weighted by Crippen LogP contribution is 2.28. The van der Waals surface area contributed by atoms with Crippen LogP contribution < -0.4 is 5.73 Å². The summed E-state index contributed by atoms with van der Waals surface area (Å²) in [4.78, 5) is 1.12. The van der Waals surface area contributed by atoms with Crippen LogP contribution in [0.25, 0.3) is 0 Å². The van der Waals surface area contributed by atoms with Gasteiger partial charge in [0.25, 0.3) is 0 Å². The second-order valence-corrected chi connectivity index (χ2v) is 6.45. The standard InChI is InChI=1S/C14H12BrClFNS/c15-9-1-4-11(5-2-9)19-8-14(18)12-7-10(17)3-6-13(12)16/h1-7,14H,8,18H2. The van der Waals surface area contributed by atoms with Gasteiger partial charge in [-0.3, -0.25) is 0 Å². The maximum atomic E-state index is 13.2. The summed E-state index contributed by atoms with van der Waals surface area (Å²) >= 11 is 11.0. The molecule has 19 heavy (non-hydrogen) atoms. The van der Waals surface area contributed by atoms with Crippen LogP contribution in [0.15, 0.2) is 51.8 Å². The van der Waals surface area contributed by atoms with E-state index in [1.165, 1.54) is 18.2 Å². The van der Waals surface area contributed by atoms with Gasteiger partial charge in [-0.1, -0.05) is 27.5 Å². The van der Waals surface area contributed by atoms with Crippen molar-refractivity contribution in [2.75, 3.05) is 5.75 Å². The van der Waals surface area contributed by atoms with Gasteiger partial charge < -0.3 is 5.73 Å². The van der Waals surface area contributed by atoms with Crippen LogP contribution in [-0.4, -0.2) is 5.75 Å². The first-order chi connectivity index (χ1) is 9.06. The van der Waals surface area contributed by atoms with Gasteiger partial charge in [0.15, 0.2) is 0 Å². The fraction of sp³-hybridized carbons (Fsp3) is 0.143. The van der Waals surface area contributed by atoms with Gasteiger partial charge >= 0.3 is 0 Å². The minimum absolute atomic E-state index is 0.295. The first-order valence-corrected chi connectivity index (χ1v) is 7.81. The molecule has 2 N–H and O–H groups in total. The molecule has 5 heteroatoms. The minimum atomic E-state index is -0.316. The highest BCUT2D eigenvalue weighted by atomic mass is 79.9. The molecule has 2 aromatic carbocycles. The highest BCUT2D eigenvalue weighted by molar-refractivity contribution is 9.10. The van der Waals surface area contributed by atoms with E-state index < -0.39 is 0 Å². The molecular weight excluding hydrogens is 349 g/mol. The summed E-state index contributed by atoms with van der Waals surface area (Å²) < 4.78 is 14.2. The van der Waals surface area contributed by atoms with Gasteiger partial charge in [-0.15, -0.1) is 11.8 Å². The van der Waals surface area contributed by atoms with Crippen molar-refractivity contribution in [3.05, 3.63) is 63.3 Å². The van der Waals surface area contributed by atoms with Gasteiger partial charge in [0.2, 0.25) is 0 Å². The van der Waals surface area contributed by atoms with Crippen molar-refractivity contribution in [2.45, 2.75) is 10.9 Å². The van der Waals surface area contributed by atoms with E-state index in [2.05, 4.69) is 15.9 Å². The van der Waals surface area contributed by atoms with Crippen LogP contribution in [0.3, 0.4) is 0 Å². The molecule has 1 nitrogen and oxygen atoms in total. The molecule has 2 rings (SSSR count). The van der Waals surface area contributed by atoms with E-state index in [0.717, 1.165) is 9.37 Å². The third kappa shape index (κ3) is 4.21. The zero-order valence-corrected chi connectivity index (χ0v) is 13.1. The number of benzene rings is 2. The van der Waals surface area contributed by atoms with Crippen LogP contribution in [0.5, 0.6) is 0 Å². The molecule has 2 aromatic rings. The molecule has 0 spiro atoms. The average molecular weight is 361 g/mol. The maximum Gasteiger partial charge on any atom is 0.123 e. The topological polar surface area (TPSA) is 26.0 Å². The molecule has 0 aromatic heterocycles. The van der Waals surface area contributed by atoms with E-state index in [9.17, 15) is 4.39 Å². The van der Waals surface area contributed by atoms with Gasteiger partial charge in [0.1, 0.15) is 5.82 Å². The summed E-state index contributed by atoms with van der Waals surface area (Å²) in [5.74, 6) is 0.327. The molecule has 0 saturated carbocycles. The number of rotatable bonds is 4. The molecule has 0 fully saturated rings. The summed E-state index contributed by atoms with van der Waals surface area (Å²) in [7, 11) is 0. The Hall–Kier alpha value is -0.550. The van der Waals surface area contributed by atoms with Crippen molar-refractivity contribution in [1.82, 2.24) is 0 Å². The zero-order valence-electron chi connectivity index (χ0n) is 9.95. The number of nitrogens with two attached hydrogens (primary N) is 1. The minimum Gasteiger partial charge on any atom is -0.323 e. The lowest BCUT2D eigenvalue weighted by Gasteiger charge is -2.13. The van der Waals surface area contributed by atoms with E-state index >= 15 is 0 Å². The van der Waals surface area contributed by atoms with Gasteiger partial charge in [-0.2, -0.15) is 0 Å². The number of hydrogen-bond donors (Lipinski definition) is 1. The SMILES string of the molecule is NC(CSc1ccc(Br)cc1)c1cc(F)ccc1Cl. The lowest BCUT2D eigenvalue weighted by atomic mass is 10.1. The summed E-state index contributed by atoms with van der Waals surface area (Å²) in [6.45, 7) is 0. The van der Waals surface area contributed by atoms with E-state index in [4.69, 9.17) is 17.3 Å². The lowest BCUT2D eigenvalue weighted by Crippen LogP contribution is -2.13. The summed E-state index contributed by atoms with van der Waals surface area (Å²) in [5, 5.41) is 0.505. The first-order valence-electron chi connectivity index (χ1n) is 5.65. The van der Waals surface area contributed by atoms with Crippen molar-refractivity contribution in [3.63, 3.8) is 0 Å². The number of hydrogen-bond acceptors (Lipinski definition) is 2. The molecule has 0 heterocycles. The third-order valence-corrected chi connectivity index (χ3v) is 4.60. The van der Waals surface area contributed by atoms with Crippen molar-refractivity contribution >= 4 is 39.3 Å². The molecular formula is C14H12BrClFNS. The molecule has 1 unspecified atom stereocenters. The molecule has 0 aliphatic rings. The normalized spacial score (nSPS) is 12.4. The number of thioether (sulfide) groups is 1. The second kappa shape index (κ2) is 6.75. The molecule has 0 radical (unpaired) electrons. The Labute approximate surface area is 129 Å². The van der Waals surface area contributed by atoms with Crippen LogP contribution >= 0.6 is 39.3 Å². The van der Waals surface area contributed by atoms with Crippen LogP contribution in [0, 0.1) is 5.82 Å². The largest absolute Gasteiger partial charge is 0.323 e. The van der Waals surface area contributed by atoms with Crippen LogP contribution in [0.2, 0.25) is 5.02 Å². The van der Waals surface area contributed by atoms with Gasteiger partial charge in [-0.25, -0.2) is 4.39 Å². The Morgan fingerprint density at radius 3 is 2.58 bits per heavy atom. The smallest absolute Gasteiger partial charge is 0.123 e. The third-order valence-electron chi connectivity index (χ3n) is 2.60. The van der Waals surface area contributed by atoms with Crippen molar-refractivity contribution < 1.29 is 4.39 Å². The van der Waals surface area contributed by atoms with Crippen LogP contribution in [0.4, 0.5) is 4.39 Å². The monoisotopic (exact) mass is 359 g/mol.